The number of nitrogens with one attached hydrogen (secondary N) is 1. The van der Waals surface area contributed by atoms with Gasteiger partial charge in [-0.3, -0.25) is 9.78 Å². The molecule has 0 radical (unpaired) electrons. The molecule has 3 aromatic rings. The highest BCUT2D eigenvalue weighted by Crippen LogP contribution is 2.42. The number of H-pyrrole nitrogens is 1. The van der Waals surface area contributed by atoms with E-state index in [-0.39, 0.29) is 11.4 Å². The molecular formula is C26H32N6O. The molecule has 3 N–H and O–H groups in total. The second-order valence-corrected chi connectivity index (χ2v) is 10.6. The third kappa shape index (κ3) is 3.68. The van der Waals surface area contributed by atoms with E-state index in [2.05, 4.69) is 34.8 Å². The SMILES string of the molecule is Cc1cccc2[nH]c(-c3cncc(C(=O)N4CCC(C5CC5)C4)c3N3CC[C@](C)(N)C3)nc12. The quantitative estimate of drug-likeness (QED) is 0.640. The van der Waals surface area contributed by atoms with Gasteiger partial charge in [0.25, 0.3) is 5.91 Å². The number of imidazole rings is 1. The maximum atomic E-state index is 13.8. The molecule has 0 bridgehead atoms. The summed E-state index contributed by atoms with van der Waals surface area (Å²) in [6.07, 6.45) is 8.22. The number of carbonyl (C=O) groups is 1. The van der Waals surface area contributed by atoms with Crippen LogP contribution >= 0.6 is 0 Å². The number of aromatic nitrogens is 3. The molecule has 4 heterocycles. The number of likely N-dealkylation sites (tertiary alicyclic amines) is 1. The molecular weight excluding hydrogens is 412 g/mol. The van der Waals surface area contributed by atoms with Crippen molar-refractivity contribution in [1.29, 1.82) is 0 Å². The van der Waals surface area contributed by atoms with E-state index < -0.39 is 0 Å². The zero-order valence-electron chi connectivity index (χ0n) is 19.5. The van der Waals surface area contributed by atoms with Crippen molar-refractivity contribution >= 4 is 22.6 Å². The first-order valence-electron chi connectivity index (χ1n) is 12.2. The minimum Gasteiger partial charge on any atom is -0.368 e. The van der Waals surface area contributed by atoms with Gasteiger partial charge in [-0.15, -0.1) is 0 Å². The molecule has 1 unspecified atom stereocenters. The first-order chi connectivity index (χ1) is 15.9. The number of pyridine rings is 1. The van der Waals surface area contributed by atoms with Gasteiger partial charge in [0.1, 0.15) is 5.82 Å². The molecule has 1 saturated carbocycles. The van der Waals surface area contributed by atoms with Gasteiger partial charge in [0, 0.05) is 44.1 Å². The number of para-hydroxylation sites is 1. The number of rotatable bonds is 4. The van der Waals surface area contributed by atoms with Gasteiger partial charge in [-0.2, -0.15) is 0 Å². The molecule has 3 fully saturated rings. The number of nitrogens with zero attached hydrogens (tertiary/aromatic N) is 4. The van der Waals surface area contributed by atoms with Gasteiger partial charge in [-0.25, -0.2) is 4.98 Å². The summed E-state index contributed by atoms with van der Waals surface area (Å²) in [5.74, 6) is 2.31. The van der Waals surface area contributed by atoms with E-state index in [1.165, 1.54) is 12.8 Å². The number of aromatic amines is 1. The third-order valence-electron chi connectivity index (χ3n) is 7.74. The number of hydrogen-bond donors (Lipinski definition) is 2. The molecule has 1 aromatic carbocycles. The summed E-state index contributed by atoms with van der Waals surface area (Å²) in [5.41, 5.74) is 11.7. The molecule has 1 aliphatic carbocycles. The van der Waals surface area contributed by atoms with Gasteiger partial charge in [0.05, 0.1) is 27.8 Å². The molecule has 2 aromatic heterocycles. The van der Waals surface area contributed by atoms with Crippen LogP contribution in [-0.4, -0.2) is 57.5 Å². The number of hydrogen-bond acceptors (Lipinski definition) is 5. The maximum Gasteiger partial charge on any atom is 0.257 e. The number of carbonyl (C=O) groups excluding carboxylic acids is 1. The van der Waals surface area contributed by atoms with Gasteiger partial charge >= 0.3 is 0 Å². The molecule has 7 heteroatoms. The van der Waals surface area contributed by atoms with Crippen LogP contribution in [0, 0.1) is 18.8 Å². The second-order valence-electron chi connectivity index (χ2n) is 10.6. The van der Waals surface area contributed by atoms with Gasteiger partial charge in [0.2, 0.25) is 0 Å². The summed E-state index contributed by atoms with van der Waals surface area (Å²) in [5, 5.41) is 0. The second kappa shape index (κ2) is 7.55. The molecule has 2 atom stereocenters. The minimum absolute atomic E-state index is 0.0837. The Morgan fingerprint density at radius 1 is 1.18 bits per heavy atom. The van der Waals surface area contributed by atoms with Crippen LogP contribution in [0.3, 0.4) is 0 Å². The summed E-state index contributed by atoms with van der Waals surface area (Å²) in [7, 11) is 0. The van der Waals surface area contributed by atoms with Crippen molar-refractivity contribution in [2.75, 3.05) is 31.1 Å². The van der Waals surface area contributed by atoms with Crippen molar-refractivity contribution in [3.05, 3.63) is 41.7 Å². The van der Waals surface area contributed by atoms with Crippen LogP contribution in [0.25, 0.3) is 22.4 Å². The molecule has 172 valence electrons. The van der Waals surface area contributed by atoms with E-state index in [1.54, 1.807) is 6.20 Å². The lowest BCUT2D eigenvalue weighted by molar-refractivity contribution is 0.0786. The first-order valence-corrected chi connectivity index (χ1v) is 12.2. The lowest BCUT2D eigenvalue weighted by Gasteiger charge is -2.27. The third-order valence-corrected chi connectivity index (χ3v) is 7.74. The Labute approximate surface area is 194 Å². The largest absolute Gasteiger partial charge is 0.368 e. The topological polar surface area (TPSA) is 91.1 Å². The number of amides is 1. The van der Waals surface area contributed by atoms with Crippen LogP contribution in [0.1, 0.15) is 48.5 Å². The van der Waals surface area contributed by atoms with Crippen molar-refractivity contribution in [3.63, 3.8) is 0 Å². The summed E-state index contributed by atoms with van der Waals surface area (Å²) < 4.78 is 0. The Kier molecular flexibility index (Phi) is 4.73. The lowest BCUT2D eigenvalue weighted by atomic mass is 10.0. The number of benzene rings is 1. The van der Waals surface area contributed by atoms with E-state index in [1.807, 2.05) is 23.2 Å². The zero-order valence-corrected chi connectivity index (χ0v) is 19.5. The maximum absolute atomic E-state index is 13.8. The predicted octanol–water partition coefficient (Wildman–Crippen LogP) is 3.73. The van der Waals surface area contributed by atoms with Crippen LogP contribution in [-0.2, 0) is 0 Å². The van der Waals surface area contributed by atoms with E-state index in [0.717, 1.165) is 72.1 Å². The van der Waals surface area contributed by atoms with Gasteiger partial charge in [0.15, 0.2) is 0 Å². The Balaban J connectivity index is 1.44. The standard InChI is InChI=1S/C26H32N6O/c1-16-4-3-5-21-22(16)30-24(29-21)19-12-28-13-20(23(19)32-11-9-26(2,27)15-32)25(33)31-10-8-18(14-31)17-6-7-17/h3-5,12-13,17-18H,6-11,14-15,27H2,1-2H3,(H,29,30)/t18?,26-/m0/s1. The minimum atomic E-state index is -0.282. The molecule has 1 amide bonds. The molecule has 2 aliphatic heterocycles. The first kappa shape index (κ1) is 20.7. The zero-order chi connectivity index (χ0) is 22.7. The Hall–Kier alpha value is -2.93. The molecule has 0 spiro atoms. The fourth-order valence-electron chi connectivity index (χ4n) is 5.70. The van der Waals surface area contributed by atoms with Crippen molar-refractivity contribution in [3.8, 4) is 11.4 Å². The van der Waals surface area contributed by atoms with Crippen molar-refractivity contribution in [1.82, 2.24) is 19.9 Å². The highest BCUT2D eigenvalue weighted by molar-refractivity contribution is 6.03. The normalized spacial score (nSPS) is 25.4. The number of aryl methyl sites for hydroxylation is 1. The fraction of sp³-hybridized carbons (Fsp3) is 0.500. The summed E-state index contributed by atoms with van der Waals surface area (Å²) in [6, 6.07) is 6.13. The average Bonchev–Trinajstić information content (AvgIpc) is 3.20. The predicted molar refractivity (Wildman–Crippen MR) is 130 cm³/mol. The molecule has 7 nitrogen and oxygen atoms in total. The van der Waals surface area contributed by atoms with Gasteiger partial charge in [-0.05, 0) is 63.0 Å². The highest BCUT2D eigenvalue weighted by atomic mass is 16.2. The van der Waals surface area contributed by atoms with Crippen molar-refractivity contribution in [2.45, 2.75) is 45.1 Å². The van der Waals surface area contributed by atoms with Crippen LogP contribution in [0.4, 0.5) is 5.69 Å². The van der Waals surface area contributed by atoms with Crippen molar-refractivity contribution in [2.24, 2.45) is 17.6 Å². The monoisotopic (exact) mass is 444 g/mol. The van der Waals surface area contributed by atoms with Crippen LogP contribution in [0.5, 0.6) is 0 Å². The van der Waals surface area contributed by atoms with Crippen LogP contribution in [0.15, 0.2) is 30.6 Å². The Bertz CT molecular complexity index is 1230. The Morgan fingerprint density at radius 3 is 2.76 bits per heavy atom. The molecule has 33 heavy (non-hydrogen) atoms. The molecule has 2 saturated heterocycles. The summed E-state index contributed by atoms with van der Waals surface area (Å²) in [4.78, 5) is 31.0. The summed E-state index contributed by atoms with van der Waals surface area (Å²) in [6.45, 7) is 7.37. The van der Waals surface area contributed by atoms with Crippen LogP contribution in [0.2, 0.25) is 0 Å². The smallest absolute Gasteiger partial charge is 0.257 e. The van der Waals surface area contributed by atoms with E-state index >= 15 is 0 Å². The van der Waals surface area contributed by atoms with Gasteiger partial charge < -0.3 is 20.5 Å². The van der Waals surface area contributed by atoms with Gasteiger partial charge in [-0.1, -0.05) is 12.1 Å². The number of fused-ring (bicyclic) bond motifs is 1. The van der Waals surface area contributed by atoms with Crippen molar-refractivity contribution < 1.29 is 4.79 Å². The molecule has 6 rings (SSSR count). The highest BCUT2D eigenvalue weighted by Gasteiger charge is 2.39. The average molecular weight is 445 g/mol. The van der Waals surface area contributed by atoms with E-state index in [0.29, 0.717) is 18.0 Å². The van der Waals surface area contributed by atoms with E-state index in [9.17, 15) is 4.79 Å². The molecule has 3 aliphatic rings. The summed E-state index contributed by atoms with van der Waals surface area (Å²) >= 11 is 0. The lowest BCUT2D eigenvalue weighted by Crippen LogP contribution is -2.40. The van der Waals surface area contributed by atoms with E-state index in [4.69, 9.17) is 10.7 Å². The number of anilines is 1. The number of nitrogens with two attached hydrogens (primary N) is 1. The fourth-order valence-corrected chi connectivity index (χ4v) is 5.70. The Morgan fingerprint density at radius 2 is 2.03 bits per heavy atom. The van der Waals surface area contributed by atoms with Crippen LogP contribution < -0.4 is 10.6 Å².